The standard InChI is InChI=1S/C16H20N2O3/c1-11-4-3-5-13(8-11)6-7-14-17-18-15(21-14)9-12(2)10-16(19)20/h3-5,8,12H,6-7,9-10H2,1-2H3,(H,19,20). The van der Waals surface area contributed by atoms with E-state index in [4.69, 9.17) is 9.52 Å². The van der Waals surface area contributed by atoms with Crippen LogP contribution >= 0.6 is 0 Å². The molecule has 112 valence electrons. The maximum atomic E-state index is 10.6. The minimum Gasteiger partial charge on any atom is -0.481 e. The van der Waals surface area contributed by atoms with Crippen molar-refractivity contribution in [2.24, 2.45) is 5.92 Å². The van der Waals surface area contributed by atoms with Crippen LogP contribution in [0.2, 0.25) is 0 Å². The lowest BCUT2D eigenvalue weighted by molar-refractivity contribution is -0.137. The number of hydrogen-bond acceptors (Lipinski definition) is 4. The Morgan fingerprint density at radius 3 is 2.76 bits per heavy atom. The summed E-state index contributed by atoms with van der Waals surface area (Å²) < 4.78 is 5.57. The number of aromatic nitrogens is 2. The molecule has 2 rings (SSSR count). The number of nitrogens with zero attached hydrogens (tertiary/aromatic N) is 2. The summed E-state index contributed by atoms with van der Waals surface area (Å²) >= 11 is 0. The van der Waals surface area contributed by atoms with Crippen molar-refractivity contribution in [2.45, 2.75) is 39.5 Å². The fourth-order valence-electron chi connectivity index (χ4n) is 2.26. The largest absolute Gasteiger partial charge is 0.481 e. The van der Waals surface area contributed by atoms with Crippen molar-refractivity contribution in [3.63, 3.8) is 0 Å². The third kappa shape index (κ3) is 5.02. The molecule has 0 saturated carbocycles. The summed E-state index contributed by atoms with van der Waals surface area (Å²) in [6.07, 6.45) is 2.17. The predicted molar refractivity (Wildman–Crippen MR) is 78.0 cm³/mol. The third-order valence-electron chi connectivity index (χ3n) is 3.26. The summed E-state index contributed by atoms with van der Waals surface area (Å²) in [5, 5.41) is 16.7. The van der Waals surface area contributed by atoms with Crippen molar-refractivity contribution in [2.75, 3.05) is 0 Å². The average molecular weight is 288 g/mol. The zero-order chi connectivity index (χ0) is 15.2. The quantitative estimate of drug-likeness (QED) is 0.847. The molecule has 0 aliphatic rings. The highest BCUT2D eigenvalue weighted by molar-refractivity contribution is 5.66. The summed E-state index contributed by atoms with van der Waals surface area (Å²) in [4.78, 5) is 10.6. The molecule has 1 N–H and O–H groups in total. The summed E-state index contributed by atoms with van der Waals surface area (Å²) in [7, 11) is 0. The van der Waals surface area contributed by atoms with Gasteiger partial charge in [-0.2, -0.15) is 0 Å². The van der Waals surface area contributed by atoms with E-state index in [0.29, 0.717) is 24.6 Å². The fourth-order valence-corrected chi connectivity index (χ4v) is 2.26. The fraction of sp³-hybridized carbons (Fsp3) is 0.438. The number of hydrogen-bond donors (Lipinski definition) is 1. The van der Waals surface area contributed by atoms with E-state index in [1.807, 2.05) is 13.0 Å². The second kappa shape index (κ2) is 7.02. The molecule has 0 aliphatic carbocycles. The van der Waals surface area contributed by atoms with Gasteiger partial charge in [0.15, 0.2) is 0 Å². The van der Waals surface area contributed by atoms with Gasteiger partial charge in [0.25, 0.3) is 0 Å². The molecular formula is C16H20N2O3. The van der Waals surface area contributed by atoms with Gasteiger partial charge >= 0.3 is 5.97 Å². The average Bonchev–Trinajstić information content (AvgIpc) is 2.83. The monoisotopic (exact) mass is 288 g/mol. The number of carboxylic acids is 1. The van der Waals surface area contributed by atoms with Crippen LogP contribution in [0.3, 0.4) is 0 Å². The first kappa shape index (κ1) is 15.2. The normalized spacial score (nSPS) is 12.3. The maximum Gasteiger partial charge on any atom is 0.303 e. The zero-order valence-corrected chi connectivity index (χ0v) is 12.4. The Hall–Kier alpha value is -2.17. The van der Waals surface area contributed by atoms with E-state index >= 15 is 0 Å². The number of aliphatic carboxylic acids is 1. The Morgan fingerprint density at radius 1 is 1.29 bits per heavy atom. The lowest BCUT2D eigenvalue weighted by atomic mass is 10.0. The lowest BCUT2D eigenvalue weighted by Crippen LogP contribution is -2.07. The molecule has 2 aromatic rings. The van der Waals surface area contributed by atoms with Crippen molar-refractivity contribution in [3.05, 3.63) is 47.2 Å². The van der Waals surface area contributed by atoms with E-state index in [9.17, 15) is 4.79 Å². The van der Waals surface area contributed by atoms with Crippen molar-refractivity contribution in [1.82, 2.24) is 10.2 Å². The molecule has 0 saturated heterocycles. The molecular weight excluding hydrogens is 268 g/mol. The van der Waals surface area contributed by atoms with Crippen LogP contribution in [0.25, 0.3) is 0 Å². The number of carboxylic acid groups (broad SMARTS) is 1. The van der Waals surface area contributed by atoms with Gasteiger partial charge in [-0.1, -0.05) is 36.8 Å². The highest BCUT2D eigenvalue weighted by atomic mass is 16.4. The Morgan fingerprint density at radius 2 is 2.05 bits per heavy atom. The van der Waals surface area contributed by atoms with Crippen LogP contribution in [0.15, 0.2) is 28.7 Å². The molecule has 21 heavy (non-hydrogen) atoms. The lowest BCUT2D eigenvalue weighted by Gasteiger charge is -2.03. The molecule has 0 spiro atoms. The van der Waals surface area contributed by atoms with Crippen LogP contribution in [0, 0.1) is 12.8 Å². The Bertz CT molecular complexity index is 607. The molecule has 5 heteroatoms. The highest BCUT2D eigenvalue weighted by Crippen LogP contribution is 2.13. The van der Waals surface area contributed by atoms with Crippen molar-refractivity contribution < 1.29 is 14.3 Å². The van der Waals surface area contributed by atoms with Gasteiger partial charge < -0.3 is 9.52 Å². The van der Waals surface area contributed by atoms with Crippen LogP contribution < -0.4 is 0 Å². The number of carbonyl (C=O) groups is 1. The summed E-state index contributed by atoms with van der Waals surface area (Å²) in [6.45, 7) is 3.93. The molecule has 5 nitrogen and oxygen atoms in total. The molecule has 1 unspecified atom stereocenters. The summed E-state index contributed by atoms with van der Waals surface area (Å²) in [6, 6.07) is 8.33. The first-order chi connectivity index (χ1) is 10.0. The molecule has 1 heterocycles. The van der Waals surface area contributed by atoms with Gasteiger partial charge in [-0.15, -0.1) is 10.2 Å². The van der Waals surface area contributed by atoms with Crippen LogP contribution in [-0.2, 0) is 24.1 Å². The smallest absolute Gasteiger partial charge is 0.303 e. The van der Waals surface area contributed by atoms with Crippen LogP contribution in [0.1, 0.15) is 36.3 Å². The second-order valence-electron chi connectivity index (χ2n) is 5.49. The SMILES string of the molecule is Cc1cccc(CCc2nnc(CC(C)CC(=O)O)o2)c1. The summed E-state index contributed by atoms with van der Waals surface area (Å²) in [5.41, 5.74) is 2.48. The molecule has 1 atom stereocenters. The number of rotatable bonds is 7. The number of benzene rings is 1. The van der Waals surface area contributed by atoms with Gasteiger partial charge in [0.2, 0.25) is 11.8 Å². The molecule has 0 fully saturated rings. The van der Waals surface area contributed by atoms with E-state index in [0.717, 1.165) is 6.42 Å². The second-order valence-corrected chi connectivity index (χ2v) is 5.49. The molecule has 1 aromatic heterocycles. The van der Waals surface area contributed by atoms with Crippen LogP contribution in [0.5, 0.6) is 0 Å². The van der Waals surface area contributed by atoms with E-state index in [2.05, 4.69) is 35.3 Å². The van der Waals surface area contributed by atoms with Crippen molar-refractivity contribution in [3.8, 4) is 0 Å². The van der Waals surface area contributed by atoms with Gasteiger partial charge in [0.1, 0.15) is 0 Å². The van der Waals surface area contributed by atoms with Gasteiger partial charge in [0.05, 0.1) is 0 Å². The van der Waals surface area contributed by atoms with E-state index < -0.39 is 5.97 Å². The maximum absolute atomic E-state index is 10.6. The topological polar surface area (TPSA) is 76.2 Å². The van der Waals surface area contributed by atoms with E-state index in [1.165, 1.54) is 11.1 Å². The predicted octanol–water partition coefficient (Wildman–Crippen LogP) is 2.82. The molecule has 0 bridgehead atoms. The Labute approximate surface area is 124 Å². The van der Waals surface area contributed by atoms with Crippen LogP contribution in [-0.4, -0.2) is 21.3 Å². The Kier molecular flexibility index (Phi) is 5.09. The molecule has 0 aliphatic heterocycles. The van der Waals surface area contributed by atoms with Crippen molar-refractivity contribution >= 4 is 5.97 Å². The zero-order valence-electron chi connectivity index (χ0n) is 12.4. The first-order valence-corrected chi connectivity index (χ1v) is 7.11. The van der Waals surface area contributed by atoms with Crippen LogP contribution in [0.4, 0.5) is 0 Å². The van der Waals surface area contributed by atoms with E-state index in [1.54, 1.807) is 0 Å². The van der Waals surface area contributed by atoms with Crippen molar-refractivity contribution in [1.29, 1.82) is 0 Å². The third-order valence-corrected chi connectivity index (χ3v) is 3.26. The van der Waals surface area contributed by atoms with Gasteiger partial charge in [-0.05, 0) is 24.8 Å². The van der Waals surface area contributed by atoms with E-state index in [-0.39, 0.29) is 12.3 Å². The minimum absolute atomic E-state index is 0.00688. The van der Waals surface area contributed by atoms with Gasteiger partial charge in [-0.3, -0.25) is 4.79 Å². The highest BCUT2D eigenvalue weighted by Gasteiger charge is 2.13. The first-order valence-electron chi connectivity index (χ1n) is 7.11. The minimum atomic E-state index is -0.804. The number of aryl methyl sites for hydroxylation is 3. The Balaban J connectivity index is 1.87. The van der Waals surface area contributed by atoms with Gasteiger partial charge in [0, 0.05) is 19.3 Å². The molecule has 0 amide bonds. The molecule has 1 aromatic carbocycles. The molecule has 0 radical (unpaired) electrons. The summed E-state index contributed by atoms with van der Waals surface area (Å²) in [5.74, 6) is 0.311. The van der Waals surface area contributed by atoms with Gasteiger partial charge in [-0.25, -0.2) is 0 Å².